The number of hydrogen-bond donors (Lipinski definition) is 1. The summed E-state index contributed by atoms with van der Waals surface area (Å²) in [4.78, 5) is 16.7. The van der Waals surface area contributed by atoms with E-state index in [1.165, 1.54) is 0 Å². The van der Waals surface area contributed by atoms with E-state index in [0.29, 0.717) is 5.92 Å². The average molecular weight is 269 g/mol. The number of carbonyl (C=O) groups is 1. The van der Waals surface area contributed by atoms with Crippen molar-refractivity contribution in [2.45, 2.75) is 32.3 Å². The maximum Gasteiger partial charge on any atom is 0.251 e. The first kappa shape index (κ1) is 14.8. The maximum atomic E-state index is 12.3. The molecule has 0 saturated carbocycles. The number of amides is 1. The van der Waals surface area contributed by atoms with E-state index in [1.807, 2.05) is 4.90 Å². The van der Waals surface area contributed by atoms with Crippen LogP contribution in [0.3, 0.4) is 0 Å². The van der Waals surface area contributed by atoms with E-state index in [1.54, 1.807) is 0 Å². The van der Waals surface area contributed by atoms with Crippen LogP contribution in [0.1, 0.15) is 26.2 Å². The van der Waals surface area contributed by atoms with Crippen LogP contribution in [0.4, 0.5) is 0 Å². The molecule has 2 atom stereocenters. The first-order valence-corrected chi connectivity index (χ1v) is 7.53. The minimum absolute atomic E-state index is 0.172. The molecule has 0 aromatic heterocycles. The van der Waals surface area contributed by atoms with E-state index in [0.717, 1.165) is 65.1 Å². The highest BCUT2D eigenvalue weighted by molar-refractivity contribution is 5.81. The Morgan fingerprint density at radius 1 is 1.32 bits per heavy atom. The van der Waals surface area contributed by atoms with E-state index >= 15 is 0 Å². The first-order valence-electron chi connectivity index (χ1n) is 7.53. The number of carbonyl (C=O) groups excluding carboxylic acids is 1. The molecule has 0 aromatic rings. The van der Waals surface area contributed by atoms with Gasteiger partial charge in [0.1, 0.15) is 6.10 Å². The molecule has 5 nitrogen and oxygen atoms in total. The molecule has 0 aromatic carbocycles. The van der Waals surface area contributed by atoms with E-state index in [4.69, 9.17) is 10.5 Å². The molecule has 1 amide bonds. The largest absolute Gasteiger partial charge is 0.368 e. The Morgan fingerprint density at radius 3 is 2.84 bits per heavy atom. The quantitative estimate of drug-likeness (QED) is 0.797. The van der Waals surface area contributed by atoms with Crippen molar-refractivity contribution < 1.29 is 9.53 Å². The van der Waals surface area contributed by atoms with Crippen LogP contribution in [0.25, 0.3) is 0 Å². The summed E-state index contributed by atoms with van der Waals surface area (Å²) >= 11 is 0. The second-order valence-electron chi connectivity index (χ2n) is 5.82. The van der Waals surface area contributed by atoms with Gasteiger partial charge in [0.05, 0.1) is 0 Å². The van der Waals surface area contributed by atoms with E-state index in [9.17, 15) is 4.79 Å². The molecule has 0 aliphatic carbocycles. The van der Waals surface area contributed by atoms with Crippen molar-refractivity contribution in [3.8, 4) is 0 Å². The third-order valence-corrected chi connectivity index (χ3v) is 4.08. The summed E-state index contributed by atoms with van der Waals surface area (Å²) in [6, 6.07) is 0. The Labute approximate surface area is 116 Å². The second kappa shape index (κ2) is 7.22. The molecule has 2 aliphatic heterocycles. The molecular formula is C14H27N3O2. The lowest BCUT2D eigenvalue weighted by Crippen LogP contribution is -2.41. The van der Waals surface area contributed by atoms with E-state index < -0.39 is 0 Å². The van der Waals surface area contributed by atoms with Gasteiger partial charge in [-0.15, -0.1) is 0 Å². The van der Waals surface area contributed by atoms with Gasteiger partial charge in [-0.2, -0.15) is 0 Å². The SMILES string of the molecule is CC(CN)CN1CCCN(C(=O)C2CCCO2)CC1. The van der Waals surface area contributed by atoms with E-state index in [2.05, 4.69) is 11.8 Å². The molecule has 2 heterocycles. The number of ether oxygens (including phenoxy) is 1. The van der Waals surface area contributed by atoms with Gasteiger partial charge >= 0.3 is 0 Å². The van der Waals surface area contributed by atoms with Gasteiger partial charge in [-0.05, 0) is 38.3 Å². The van der Waals surface area contributed by atoms with Gasteiger partial charge in [0.2, 0.25) is 0 Å². The summed E-state index contributed by atoms with van der Waals surface area (Å²) in [5, 5.41) is 0. The monoisotopic (exact) mass is 269 g/mol. The molecule has 0 bridgehead atoms. The molecule has 0 spiro atoms. The van der Waals surface area contributed by atoms with Crippen molar-refractivity contribution >= 4 is 5.91 Å². The predicted molar refractivity (Wildman–Crippen MR) is 74.8 cm³/mol. The van der Waals surface area contributed by atoms with Crippen molar-refractivity contribution in [2.24, 2.45) is 11.7 Å². The summed E-state index contributed by atoms with van der Waals surface area (Å²) < 4.78 is 5.50. The molecular weight excluding hydrogens is 242 g/mol. The third kappa shape index (κ3) is 4.16. The van der Waals surface area contributed by atoms with Crippen LogP contribution >= 0.6 is 0 Å². The zero-order valence-corrected chi connectivity index (χ0v) is 12.0. The molecule has 0 radical (unpaired) electrons. The van der Waals surface area contributed by atoms with Crippen molar-refractivity contribution in [1.82, 2.24) is 9.80 Å². The number of hydrogen-bond acceptors (Lipinski definition) is 4. The lowest BCUT2D eigenvalue weighted by atomic mass is 10.1. The van der Waals surface area contributed by atoms with Crippen LogP contribution in [-0.4, -0.2) is 67.7 Å². The zero-order chi connectivity index (χ0) is 13.7. The Kier molecular flexibility index (Phi) is 5.60. The van der Waals surface area contributed by atoms with Crippen LogP contribution in [0.2, 0.25) is 0 Å². The molecule has 2 N–H and O–H groups in total. The summed E-state index contributed by atoms with van der Waals surface area (Å²) in [5.74, 6) is 0.728. The zero-order valence-electron chi connectivity index (χ0n) is 12.0. The van der Waals surface area contributed by atoms with Crippen LogP contribution < -0.4 is 5.73 Å². The Bertz CT molecular complexity index is 292. The van der Waals surface area contributed by atoms with Gasteiger partial charge in [-0.1, -0.05) is 6.92 Å². The summed E-state index contributed by atoms with van der Waals surface area (Å²) in [5.41, 5.74) is 5.68. The molecule has 19 heavy (non-hydrogen) atoms. The standard InChI is InChI=1S/C14H27N3O2/c1-12(10-15)11-16-5-3-6-17(8-7-16)14(18)13-4-2-9-19-13/h12-13H,2-11,15H2,1H3. The van der Waals surface area contributed by atoms with E-state index in [-0.39, 0.29) is 12.0 Å². The fourth-order valence-electron chi connectivity index (χ4n) is 2.87. The highest BCUT2D eigenvalue weighted by Gasteiger charge is 2.29. The summed E-state index contributed by atoms with van der Waals surface area (Å²) in [6.07, 6.45) is 2.79. The molecule has 2 rings (SSSR count). The second-order valence-corrected chi connectivity index (χ2v) is 5.82. The van der Waals surface area contributed by atoms with Crippen molar-refractivity contribution in [3.63, 3.8) is 0 Å². The van der Waals surface area contributed by atoms with Crippen LogP contribution in [0.5, 0.6) is 0 Å². The maximum absolute atomic E-state index is 12.3. The fraction of sp³-hybridized carbons (Fsp3) is 0.929. The van der Waals surface area contributed by atoms with Gasteiger partial charge in [-0.25, -0.2) is 0 Å². The van der Waals surface area contributed by atoms with Gasteiger partial charge in [-0.3, -0.25) is 4.79 Å². The summed E-state index contributed by atoms with van der Waals surface area (Å²) in [7, 11) is 0. The minimum atomic E-state index is -0.172. The smallest absolute Gasteiger partial charge is 0.251 e. The first-order chi connectivity index (χ1) is 9.20. The van der Waals surface area contributed by atoms with Crippen LogP contribution in [0, 0.1) is 5.92 Å². The van der Waals surface area contributed by atoms with Gasteiger partial charge in [0.15, 0.2) is 0 Å². The number of rotatable bonds is 4. The van der Waals surface area contributed by atoms with Gasteiger partial charge in [0, 0.05) is 32.8 Å². The van der Waals surface area contributed by atoms with Gasteiger partial charge < -0.3 is 20.3 Å². The Morgan fingerprint density at radius 2 is 2.16 bits per heavy atom. The normalized spacial score (nSPS) is 27.3. The molecule has 2 aliphatic rings. The topological polar surface area (TPSA) is 58.8 Å². The van der Waals surface area contributed by atoms with Crippen molar-refractivity contribution in [1.29, 1.82) is 0 Å². The molecule has 2 unspecified atom stereocenters. The molecule has 2 fully saturated rings. The lowest BCUT2D eigenvalue weighted by Gasteiger charge is -2.25. The Hall–Kier alpha value is -0.650. The van der Waals surface area contributed by atoms with Crippen molar-refractivity contribution in [3.05, 3.63) is 0 Å². The van der Waals surface area contributed by atoms with Crippen LogP contribution in [0.15, 0.2) is 0 Å². The highest BCUT2D eigenvalue weighted by atomic mass is 16.5. The lowest BCUT2D eigenvalue weighted by molar-refractivity contribution is -0.140. The highest BCUT2D eigenvalue weighted by Crippen LogP contribution is 2.16. The summed E-state index contributed by atoms with van der Waals surface area (Å²) in [6.45, 7) is 8.42. The third-order valence-electron chi connectivity index (χ3n) is 4.08. The van der Waals surface area contributed by atoms with Crippen LogP contribution in [-0.2, 0) is 9.53 Å². The van der Waals surface area contributed by atoms with Gasteiger partial charge in [0.25, 0.3) is 5.91 Å². The predicted octanol–water partition coefficient (Wildman–Crippen LogP) is 0.295. The molecule has 110 valence electrons. The Balaban J connectivity index is 1.80. The molecule has 5 heteroatoms. The number of nitrogens with zero attached hydrogens (tertiary/aromatic N) is 2. The number of nitrogens with two attached hydrogens (primary N) is 1. The minimum Gasteiger partial charge on any atom is -0.368 e. The molecule has 2 saturated heterocycles. The average Bonchev–Trinajstić information content (AvgIpc) is 2.85. The van der Waals surface area contributed by atoms with Crippen molar-refractivity contribution in [2.75, 3.05) is 45.9 Å². The fourth-order valence-corrected chi connectivity index (χ4v) is 2.87.